The number of carbonyl (C=O) groups is 2. The van der Waals surface area contributed by atoms with Crippen molar-refractivity contribution < 1.29 is 35.9 Å². The number of hydrogen-bond acceptors (Lipinski definition) is 5. The van der Waals surface area contributed by atoms with Crippen molar-refractivity contribution in [1.82, 2.24) is 4.90 Å². The molecule has 1 N–H and O–H groups in total. The van der Waals surface area contributed by atoms with Gasteiger partial charge in [-0.3, -0.25) is 4.79 Å². The van der Waals surface area contributed by atoms with Gasteiger partial charge in [-0.25, -0.2) is 26.4 Å². The molecular formula is C25H26ClF3N2O5S. The molecule has 1 unspecified atom stereocenters. The van der Waals surface area contributed by atoms with Gasteiger partial charge in [-0.05, 0) is 64.7 Å². The van der Waals surface area contributed by atoms with Crippen molar-refractivity contribution in [3.8, 4) is 0 Å². The number of ether oxygens (including phenoxy) is 1. The number of hydrogen-bond donors (Lipinski definition) is 1. The summed E-state index contributed by atoms with van der Waals surface area (Å²) in [7, 11) is -4.01. The second-order valence-electron chi connectivity index (χ2n) is 10.3. The van der Waals surface area contributed by atoms with E-state index in [1.54, 1.807) is 25.7 Å². The maximum Gasteiger partial charge on any atom is 0.410 e. The minimum atomic E-state index is -4.01. The summed E-state index contributed by atoms with van der Waals surface area (Å²) in [5, 5.41) is 1.30. The molecule has 2 aromatic rings. The Morgan fingerprint density at radius 2 is 1.59 bits per heavy atom. The van der Waals surface area contributed by atoms with Crippen LogP contribution in [0.1, 0.15) is 56.8 Å². The van der Waals surface area contributed by atoms with Crippen molar-refractivity contribution in [1.29, 1.82) is 0 Å². The Morgan fingerprint density at radius 1 is 1.03 bits per heavy atom. The van der Waals surface area contributed by atoms with E-state index in [4.69, 9.17) is 16.3 Å². The normalized spacial score (nSPS) is 21.6. The van der Waals surface area contributed by atoms with E-state index in [-0.39, 0.29) is 46.1 Å². The molecule has 0 radical (unpaired) electrons. The van der Waals surface area contributed by atoms with E-state index in [0.29, 0.717) is 25.0 Å². The van der Waals surface area contributed by atoms with Gasteiger partial charge in [0.25, 0.3) is 5.91 Å². The van der Waals surface area contributed by atoms with Crippen LogP contribution in [0.15, 0.2) is 35.2 Å². The van der Waals surface area contributed by atoms with Gasteiger partial charge in [0.15, 0.2) is 27.3 Å². The zero-order valence-corrected chi connectivity index (χ0v) is 21.9. The molecule has 0 aliphatic carbocycles. The molecule has 200 valence electrons. The van der Waals surface area contributed by atoms with Crippen molar-refractivity contribution in [2.45, 2.75) is 74.3 Å². The molecule has 2 aromatic carbocycles. The SMILES string of the molecule is CC(C)(C)OC(=O)N1C2CC[C@H]1C[C@H](S(=O)(=O)c1cc(C(=O)Nc3cc(F)c(F)c(F)c3)ccc1Cl)C2. The molecule has 2 aliphatic heterocycles. The first-order valence-corrected chi connectivity index (χ1v) is 13.6. The molecule has 3 atom stereocenters. The van der Waals surface area contributed by atoms with Gasteiger partial charge >= 0.3 is 6.09 Å². The number of amides is 2. The van der Waals surface area contributed by atoms with Crippen LogP contribution in [0.3, 0.4) is 0 Å². The Balaban J connectivity index is 1.55. The van der Waals surface area contributed by atoms with Gasteiger partial charge in [0, 0.05) is 35.5 Å². The van der Waals surface area contributed by atoms with E-state index in [1.165, 1.54) is 12.1 Å². The number of benzene rings is 2. The van der Waals surface area contributed by atoms with E-state index >= 15 is 0 Å². The molecule has 2 amide bonds. The molecule has 0 aromatic heterocycles. The van der Waals surface area contributed by atoms with Gasteiger partial charge in [0.1, 0.15) is 5.60 Å². The lowest BCUT2D eigenvalue weighted by Gasteiger charge is -2.39. The lowest BCUT2D eigenvalue weighted by molar-refractivity contribution is 0.00812. The van der Waals surface area contributed by atoms with Crippen LogP contribution in [-0.2, 0) is 14.6 Å². The molecule has 4 rings (SSSR count). The fourth-order valence-corrected chi connectivity index (χ4v) is 7.25. The van der Waals surface area contributed by atoms with Gasteiger partial charge in [0.05, 0.1) is 15.2 Å². The Morgan fingerprint density at radius 3 is 2.14 bits per heavy atom. The Labute approximate surface area is 217 Å². The number of nitrogens with zero attached hydrogens (tertiary/aromatic N) is 1. The monoisotopic (exact) mass is 558 g/mol. The number of piperidine rings is 1. The second-order valence-corrected chi connectivity index (χ2v) is 12.9. The predicted molar refractivity (Wildman–Crippen MR) is 131 cm³/mol. The van der Waals surface area contributed by atoms with Crippen molar-refractivity contribution in [3.05, 3.63) is 58.4 Å². The molecule has 37 heavy (non-hydrogen) atoms. The van der Waals surface area contributed by atoms with E-state index < -0.39 is 50.1 Å². The quantitative estimate of drug-likeness (QED) is 0.485. The highest BCUT2D eigenvalue weighted by molar-refractivity contribution is 7.92. The van der Waals surface area contributed by atoms with E-state index in [1.807, 2.05) is 0 Å². The lowest BCUT2D eigenvalue weighted by atomic mass is 10.0. The Hall–Kier alpha value is -2.79. The summed E-state index contributed by atoms with van der Waals surface area (Å²) in [5.74, 6) is -5.51. The van der Waals surface area contributed by atoms with Crippen LogP contribution in [0.2, 0.25) is 5.02 Å². The van der Waals surface area contributed by atoms with Gasteiger partial charge < -0.3 is 15.0 Å². The van der Waals surface area contributed by atoms with Crippen LogP contribution in [0.25, 0.3) is 0 Å². The molecule has 2 fully saturated rings. The standard InChI is InChI=1S/C25H26ClF3N2O5S/c1-25(2,3)36-24(33)31-15-5-6-16(31)12-17(11-15)37(34,35)21-8-13(4-7-18(21)26)23(32)30-14-9-19(27)22(29)20(28)10-14/h4,7-10,15-17H,5-6,11-12H2,1-3H3,(H,30,32)/t15-,16?,17-/m0/s1. The predicted octanol–water partition coefficient (Wildman–Crippen LogP) is 5.71. The van der Waals surface area contributed by atoms with Gasteiger partial charge in [-0.1, -0.05) is 11.6 Å². The fraction of sp³-hybridized carbons (Fsp3) is 0.440. The molecule has 2 bridgehead atoms. The van der Waals surface area contributed by atoms with Crippen LogP contribution >= 0.6 is 11.6 Å². The minimum absolute atomic E-state index is 0.0858. The molecule has 2 saturated heterocycles. The maximum absolute atomic E-state index is 13.6. The summed E-state index contributed by atoms with van der Waals surface area (Å²) in [5.41, 5.74) is -1.14. The molecular weight excluding hydrogens is 533 g/mol. The highest BCUT2D eigenvalue weighted by Crippen LogP contribution is 2.41. The zero-order chi connectivity index (χ0) is 27.3. The largest absolute Gasteiger partial charge is 0.444 e. The zero-order valence-electron chi connectivity index (χ0n) is 20.4. The van der Waals surface area contributed by atoms with Crippen LogP contribution in [-0.4, -0.2) is 48.3 Å². The Kier molecular flexibility index (Phi) is 7.24. The highest BCUT2D eigenvalue weighted by Gasteiger charge is 2.48. The number of anilines is 1. The van der Waals surface area contributed by atoms with E-state index in [9.17, 15) is 31.2 Å². The number of carbonyl (C=O) groups excluding carboxylic acids is 2. The highest BCUT2D eigenvalue weighted by atomic mass is 35.5. The average molecular weight is 559 g/mol. The molecule has 7 nitrogen and oxygen atoms in total. The first kappa shape index (κ1) is 27.3. The summed E-state index contributed by atoms with van der Waals surface area (Å²) in [6.45, 7) is 5.29. The summed E-state index contributed by atoms with van der Waals surface area (Å²) in [6, 6.07) is 4.23. The first-order chi connectivity index (χ1) is 17.2. The summed E-state index contributed by atoms with van der Waals surface area (Å²) >= 11 is 6.23. The molecule has 0 spiro atoms. The second kappa shape index (κ2) is 9.83. The Bertz CT molecular complexity index is 1330. The average Bonchev–Trinajstić information content (AvgIpc) is 3.05. The molecule has 12 heteroatoms. The summed E-state index contributed by atoms with van der Waals surface area (Å²) in [6.07, 6.45) is 1.22. The van der Waals surface area contributed by atoms with Crippen LogP contribution in [0.5, 0.6) is 0 Å². The van der Waals surface area contributed by atoms with Crippen molar-refractivity contribution in [2.75, 3.05) is 5.32 Å². The van der Waals surface area contributed by atoms with Crippen LogP contribution in [0.4, 0.5) is 23.7 Å². The maximum atomic E-state index is 13.6. The van der Waals surface area contributed by atoms with Crippen molar-refractivity contribution in [3.63, 3.8) is 0 Å². The molecule has 2 aliphatic rings. The number of sulfone groups is 1. The number of halogens is 4. The number of rotatable bonds is 4. The van der Waals surface area contributed by atoms with Crippen molar-refractivity contribution >= 4 is 39.1 Å². The minimum Gasteiger partial charge on any atom is -0.444 e. The topological polar surface area (TPSA) is 92.8 Å². The molecule has 0 saturated carbocycles. The van der Waals surface area contributed by atoms with Gasteiger partial charge in [0.2, 0.25) is 0 Å². The van der Waals surface area contributed by atoms with Crippen LogP contribution < -0.4 is 5.32 Å². The van der Waals surface area contributed by atoms with E-state index in [0.717, 1.165) is 6.07 Å². The smallest absolute Gasteiger partial charge is 0.410 e. The van der Waals surface area contributed by atoms with Crippen molar-refractivity contribution in [2.24, 2.45) is 0 Å². The number of fused-ring (bicyclic) bond motifs is 2. The van der Waals surface area contributed by atoms with E-state index in [2.05, 4.69) is 5.32 Å². The summed E-state index contributed by atoms with van der Waals surface area (Å²) < 4.78 is 72.9. The first-order valence-electron chi connectivity index (χ1n) is 11.7. The number of nitrogens with one attached hydrogen (secondary N) is 1. The third-order valence-electron chi connectivity index (χ3n) is 6.47. The van der Waals surface area contributed by atoms with Crippen LogP contribution in [0, 0.1) is 17.5 Å². The summed E-state index contributed by atoms with van der Waals surface area (Å²) in [4.78, 5) is 26.8. The lowest BCUT2D eigenvalue weighted by Crippen LogP contribution is -2.51. The van der Waals surface area contributed by atoms with Gasteiger partial charge in [-0.15, -0.1) is 0 Å². The van der Waals surface area contributed by atoms with Gasteiger partial charge in [-0.2, -0.15) is 0 Å². The molecule has 2 heterocycles. The third-order valence-corrected chi connectivity index (χ3v) is 9.13. The fourth-order valence-electron chi connectivity index (χ4n) is 4.87. The third kappa shape index (κ3) is 5.57.